The maximum atomic E-state index is 13.1. The van der Waals surface area contributed by atoms with Crippen LogP contribution in [-0.2, 0) is 31.0 Å². The van der Waals surface area contributed by atoms with Crippen molar-refractivity contribution in [2.24, 2.45) is 5.92 Å². The van der Waals surface area contributed by atoms with Crippen LogP contribution in [0.1, 0.15) is 31.0 Å². The van der Waals surface area contributed by atoms with Crippen molar-refractivity contribution < 1.29 is 19.0 Å². The lowest BCUT2D eigenvalue weighted by Gasteiger charge is -2.40. The monoisotopic (exact) mass is 398 g/mol. The lowest BCUT2D eigenvalue weighted by atomic mass is 9.83. The van der Waals surface area contributed by atoms with E-state index in [2.05, 4.69) is 29.0 Å². The number of hydrogen-bond acceptors (Lipinski definition) is 5. The van der Waals surface area contributed by atoms with Crippen LogP contribution in [0.25, 0.3) is 10.9 Å². The first kappa shape index (κ1) is 20.1. The van der Waals surface area contributed by atoms with Crippen LogP contribution in [0.5, 0.6) is 0 Å². The molecule has 2 aliphatic heterocycles. The standard InChI is InChI=1S/C23H30N2O4/c1-5-16-12-15-13-23(29-4,22(26)28-3)20-18(10-11-25(14-15)21(16)27-2)17-8-6-7-9-19(17)24-20/h6-9,12,15,21,24H,5,10-11,13-14H2,1-4H3/t15-,21-,23?/m1/s1. The van der Waals surface area contributed by atoms with Crippen molar-refractivity contribution in [3.8, 4) is 0 Å². The Morgan fingerprint density at radius 3 is 2.76 bits per heavy atom. The number of carbonyl (C=O) groups excluding carboxylic acids is 1. The van der Waals surface area contributed by atoms with Crippen molar-refractivity contribution in [1.82, 2.24) is 9.88 Å². The first-order valence-corrected chi connectivity index (χ1v) is 10.3. The van der Waals surface area contributed by atoms with Gasteiger partial charge in [-0.2, -0.15) is 0 Å². The van der Waals surface area contributed by atoms with Crippen molar-refractivity contribution in [3.63, 3.8) is 0 Å². The Labute approximate surface area is 171 Å². The number of benzene rings is 1. The molecular formula is C23H30N2O4. The molecule has 0 fully saturated rings. The summed E-state index contributed by atoms with van der Waals surface area (Å²) in [5, 5.41) is 1.13. The van der Waals surface area contributed by atoms with Crippen molar-refractivity contribution in [3.05, 3.63) is 47.2 Å². The Hall–Kier alpha value is -2.15. The van der Waals surface area contributed by atoms with Gasteiger partial charge in [0.15, 0.2) is 0 Å². The largest absolute Gasteiger partial charge is 0.467 e. The van der Waals surface area contributed by atoms with Crippen LogP contribution in [0.15, 0.2) is 35.9 Å². The van der Waals surface area contributed by atoms with E-state index in [1.807, 2.05) is 18.2 Å². The number of nitrogens with one attached hydrogen (secondary N) is 1. The van der Waals surface area contributed by atoms with Crippen LogP contribution in [0.3, 0.4) is 0 Å². The van der Waals surface area contributed by atoms with E-state index in [1.54, 1.807) is 14.2 Å². The summed E-state index contributed by atoms with van der Waals surface area (Å²) < 4.78 is 17.1. The highest BCUT2D eigenvalue weighted by Gasteiger charge is 2.48. The summed E-state index contributed by atoms with van der Waals surface area (Å²) in [7, 11) is 4.80. The number of aromatic amines is 1. The third kappa shape index (κ3) is 3.19. The second kappa shape index (κ2) is 7.94. The van der Waals surface area contributed by atoms with Crippen molar-refractivity contribution in [2.75, 3.05) is 34.4 Å². The van der Waals surface area contributed by atoms with Gasteiger partial charge in [0.05, 0.1) is 12.8 Å². The van der Waals surface area contributed by atoms with E-state index >= 15 is 0 Å². The average molecular weight is 399 g/mol. The SMILES string of the molecule is CCC1=C[C@H]2CN(CCc3c([nH]c4ccccc34)C(OC)(C(=O)OC)C2)[C@@H]1OC. The molecule has 4 atom stereocenters. The van der Waals surface area contributed by atoms with Gasteiger partial charge in [-0.15, -0.1) is 0 Å². The highest BCUT2D eigenvalue weighted by Crippen LogP contribution is 2.42. The third-order valence-corrected chi connectivity index (χ3v) is 6.48. The minimum atomic E-state index is -1.17. The Balaban J connectivity index is 1.92. The molecule has 4 rings (SSSR count). The number of rotatable bonds is 4. The van der Waals surface area contributed by atoms with E-state index < -0.39 is 5.60 Å². The first-order chi connectivity index (χ1) is 14.1. The smallest absolute Gasteiger partial charge is 0.344 e. The van der Waals surface area contributed by atoms with Gasteiger partial charge in [0, 0.05) is 44.6 Å². The molecule has 0 spiro atoms. The molecule has 2 aliphatic rings. The van der Waals surface area contributed by atoms with E-state index in [1.165, 1.54) is 12.7 Å². The molecule has 1 aromatic heterocycles. The molecule has 2 unspecified atom stereocenters. The fourth-order valence-electron chi connectivity index (χ4n) is 5.14. The van der Waals surface area contributed by atoms with Crippen molar-refractivity contribution in [1.29, 1.82) is 0 Å². The van der Waals surface area contributed by atoms with Crippen molar-refractivity contribution >= 4 is 16.9 Å². The highest BCUT2D eigenvalue weighted by molar-refractivity contribution is 5.89. The summed E-state index contributed by atoms with van der Waals surface area (Å²) in [6.45, 7) is 3.83. The Morgan fingerprint density at radius 1 is 1.28 bits per heavy atom. The number of fused-ring (bicyclic) bond motifs is 5. The van der Waals surface area contributed by atoms with Crippen LogP contribution in [-0.4, -0.2) is 56.5 Å². The molecule has 0 amide bonds. The number of methoxy groups -OCH3 is 3. The van der Waals surface area contributed by atoms with Gasteiger partial charge in [-0.05, 0) is 36.0 Å². The Bertz CT molecular complexity index is 934. The van der Waals surface area contributed by atoms with Gasteiger partial charge in [-0.3, -0.25) is 4.90 Å². The zero-order chi connectivity index (χ0) is 20.6. The van der Waals surface area contributed by atoms with Gasteiger partial charge in [-0.1, -0.05) is 31.2 Å². The van der Waals surface area contributed by atoms with Crippen LogP contribution in [0.2, 0.25) is 0 Å². The highest BCUT2D eigenvalue weighted by atomic mass is 16.6. The van der Waals surface area contributed by atoms with Gasteiger partial charge in [-0.25, -0.2) is 4.79 Å². The molecule has 1 aromatic carbocycles. The number of ether oxygens (including phenoxy) is 3. The molecule has 0 saturated carbocycles. The first-order valence-electron chi connectivity index (χ1n) is 10.3. The summed E-state index contributed by atoms with van der Waals surface area (Å²) in [5.41, 5.74) is 3.04. The zero-order valence-electron chi connectivity index (χ0n) is 17.7. The van der Waals surface area contributed by atoms with Crippen LogP contribution in [0, 0.1) is 5.92 Å². The summed E-state index contributed by atoms with van der Waals surface area (Å²) in [4.78, 5) is 19.0. The minimum Gasteiger partial charge on any atom is -0.467 e. The number of H-pyrrole nitrogens is 1. The maximum Gasteiger partial charge on any atom is 0.344 e. The predicted molar refractivity (Wildman–Crippen MR) is 112 cm³/mol. The van der Waals surface area contributed by atoms with Gasteiger partial charge in [0.25, 0.3) is 0 Å². The van der Waals surface area contributed by atoms with E-state index in [0.29, 0.717) is 6.42 Å². The maximum absolute atomic E-state index is 13.1. The van der Waals surface area contributed by atoms with E-state index in [0.717, 1.165) is 48.1 Å². The molecule has 1 N–H and O–H groups in total. The number of esters is 1. The lowest BCUT2D eigenvalue weighted by molar-refractivity contribution is -0.170. The molecule has 6 nitrogen and oxygen atoms in total. The zero-order valence-corrected chi connectivity index (χ0v) is 17.7. The second-order valence-electron chi connectivity index (χ2n) is 7.94. The number of carbonyl (C=O) groups is 1. The van der Waals surface area contributed by atoms with E-state index in [-0.39, 0.29) is 18.1 Å². The quantitative estimate of drug-likeness (QED) is 0.632. The minimum absolute atomic E-state index is 0.0157. The van der Waals surface area contributed by atoms with Gasteiger partial charge >= 0.3 is 5.97 Å². The number of aromatic nitrogens is 1. The molecule has 156 valence electrons. The summed E-state index contributed by atoms with van der Waals surface area (Å²) in [6, 6.07) is 8.18. The Kier molecular flexibility index (Phi) is 5.51. The molecular weight excluding hydrogens is 368 g/mol. The summed E-state index contributed by atoms with van der Waals surface area (Å²) in [5.74, 6) is -0.200. The van der Waals surface area contributed by atoms with Gasteiger partial charge in [0.2, 0.25) is 5.60 Å². The predicted octanol–water partition coefficient (Wildman–Crippen LogP) is 3.37. The van der Waals surface area contributed by atoms with Gasteiger partial charge in [0.1, 0.15) is 6.23 Å². The molecule has 0 saturated heterocycles. The third-order valence-electron chi connectivity index (χ3n) is 6.48. The molecule has 0 aliphatic carbocycles. The summed E-state index contributed by atoms with van der Waals surface area (Å²) >= 11 is 0. The molecule has 29 heavy (non-hydrogen) atoms. The fourth-order valence-corrected chi connectivity index (χ4v) is 5.14. The van der Waals surface area contributed by atoms with Crippen LogP contribution in [0.4, 0.5) is 0 Å². The Morgan fingerprint density at radius 2 is 2.07 bits per heavy atom. The summed E-state index contributed by atoms with van der Waals surface area (Å²) in [6.07, 6.45) is 4.49. The fraction of sp³-hybridized carbons (Fsp3) is 0.522. The van der Waals surface area contributed by atoms with Crippen molar-refractivity contribution in [2.45, 2.75) is 38.0 Å². The second-order valence-corrected chi connectivity index (χ2v) is 7.94. The lowest BCUT2D eigenvalue weighted by Crippen LogP contribution is -2.47. The normalized spacial score (nSPS) is 29.4. The topological polar surface area (TPSA) is 63.8 Å². The molecule has 2 aromatic rings. The number of hydrogen-bond donors (Lipinski definition) is 1. The average Bonchev–Trinajstić information content (AvgIpc) is 3.14. The number of nitrogens with zero attached hydrogens (tertiary/aromatic N) is 1. The molecule has 2 bridgehead atoms. The van der Waals surface area contributed by atoms with Gasteiger partial charge < -0.3 is 19.2 Å². The molecule has 0 radical (unpaired) electrons. The molecule has 6 heteroatoms. The van der Waals surface area contributed by atoms with Crippen LogP contribution < -0.4 is 0 Å². The van der Waals surface area contributed by atoms with E-state index in [4.69, 9.17) is 14.2 Å². The molecule has 3 heterocycles. The van der Waals surface area contributed by atoms with Crippen LogP contribution >= 0.6 is 0 Å². The number of para-hydroxylation sites is 1. The van der Waals surface area contributed by atoms with E-state index in [9.17, 15) is 4.79 Å².